The molecule has 0 aromatic rings. The van der Waals surface area contributed by atoms with E-state index in [2.05, 4.69) is 5.32 Å². The van der Waals surface area contributed by atoms with Crippen LogP contribution in [0, 0.1) is 0 Å². The molecule has 0 fully saturated rings. The normalized spacial score (nSPS) is 13.0. The lowest BCUT2D eigenvalue weighted by atomic mass is 10.1. The van der Waals surface area contributed by atoms with Crippen molar-refractivity contribution in [2.45, 2.75) is 58.6 Å². The van der Waals surface area contributed by atoms with Crippen molar-refractivity contribution in [2.75, 3.05) is 6.61 Å². The van der Waals surface area contributed by atoms with E-state index in [-0.39, 0.29) is 12.4 Å². The minimum absolute atomic E-state index is 0.0516. The molecule has 0 aliphatic heterocycles. The highest BCUT2D eigenvalue weighted by Gasteiger charge is 2.20. The molecule has 0 aliphatic carbocycles. The molecule has 17 heavy (non-hydrogen) atoms. The Bertz CT molecular complexity index is 258. The summed E-state index contributed by atoms with van der Waals surface area (Å²) in [7, 11) is 0. The summed E-state index contributed by atoms with van der Waals surface area (Å²) in [6.07, 6.45) is 1.01. The van der Waals surface area contributed by atoms with Crippen molar-refractivity contribution in [3.8, 4) is 0 Å². The number of alkyl carbamates (subject to hydrolysis) is 1. The van der Waals surface area contributed by atoms with Gasteiger partial charge in [-0.25, -0.2) is 4.79 Å². The molecule has 100 valence electrons. The molecule has 0 aromatic heterocycles. The van der Waals surface area contributed by atoms with Gasteiger partial charge in [-0.05, 0) is 40.5 Å². The monoisotopic (exact) mass is 245 g/mol. The summed E-state index contributed by atoms with van der Waals surface area (Å²) in [4.78, 5) is 22.9. The molecule has 1 atom stereocenters. The first-order valence-corrected chi connectivity index (χ1v) is 5.89. The third-order valence-electron chi connectivity index (χ3n) is 2.05. The van der Waals surface area contributed by atoms with E-state index >= 15 is 0 Å². The van der Waals surface area contributed by atoms with Crippen LogP contribution in [0.3, 0.4) is 0 Å². The number of ether oxygens (including phenoxy) is 1. The van der Waals surface area contributed by atoms with Crippen molar-refractivity contribution in [1.29, 1.82) is 0 Å². The smallest absolute Gasteiger partial charge is 0.408 e. The van der Waals surface area contributed by atoms with E-state index in [1.54, 1.807) is 27.7 Å². The molecule has 0 aromatic carbocycles. The maximum atomic E-state index is 11.6. The molecule has 5 heteroatoms. The highest BCUT2D eigenvalue weighted by atomic mass is 16.6. The van der Waals surface area contributed by atoms with E-state index < -0.39 is 17.7 Å². The third-order valence-corrected chi connectivity index (χ3v) is 2.05. The molecular weight excluding hydrogens is 222 g/mol. The molecule has 2 N–H and O–H groups in total. The fourth-order valence-corrected chi connectivity index (χ4v) is 1.19. The summed E-state index contributed by atoms with van der Waals surface area (Å²) in [5.41, 5.74) is -0.566. The number of hydrogen-bond donors (Lipinski definition) is 2. The molecular formula is C12H23NO4. The number of aliphatic hydroxyl groups excluding tert-OH is 1. The number of amides is 1. The lowest BCUT2D eigenvalue weighted by molar-refractivity contribution is -0.120. The maximum absolute atomic E-state index is 11.6. The molecule has 0 saturated heterocycles. The number of nitrogens with one attached hydrogen (secondary N) is 1. The van der Waals surface area contributed by atoms with Gasteiger partial charge in [-0.1, -0.05) is 0 Å². The first kappa shape index (κ1) is 15.9. The summed E-state index contributed by atoms with van der Waals surface area (Å²) in [6.45, 7) is 7.01. The van der Waals surface area contributed by atoms with Crippen LogP contribution in [-0.2, 0) is 9.53 Å². The Kier molecular flexibility index (Phi) is 6.80. The Morgan fingerprint density at radius 3 is 2.35 bits per heavy atom. The maximum Gasteiger partial charge on any atom is 0.408 e. The van der Waals surface area contributed by atoms with Crippen molar-refractivity contribution in [3.63, 3.8) is 0 Å². The van der Waals surface area contributed by atoms with E-state index in [0.29, 0.717) is 19.3 Å². The number of ketones is 1. The van der Waals surface area contributed by atoms with Gasteiger partial charge in [-0.2, -0.15) is 0 Å². The summed E-state index contributed by atoms with van der Waals surface area (Å²) in [6, 6.07) is -0.552. The van der Waals surface area contributed by atoms with Gasteiger partial charge in [0.05, 0.1) is 6.04 Å². The molecule has 0 rings (SSSR count). The predicted octanol–water partition coefficient (Wildman–Crippen LogP) is 1.63. The lowest BCUT2D eigenvalue weighted by Crippen LogP contribution is -2.41. The largest absolute Gasteiger partial charge is 0.444 e. The summed E-state index contributed by atoms with van der Waals surface area (Å²) in [5.74, 6) is -0.0516. The van der Waals surface area contributed by atoms with Crippen molar-refractivity contribution in [2.24, 2.45) is 0 Å². The first-order chi connectivity index (χ1) is 7.76. The quantitative estimate of drug-likeness (QED) is 0.697. The molecule has 0 spiro atoms. The van der Waals surface area contributed by atoms with Gasteiger partial charge in [0, 0.05) is 13.0 Å². The van der Waals surface area contributed by atoms with Gasteiger partial charge < -0.3 is 15.2 Å². The number of carbonyl (C=O) groups is 2. The van der Waals surface area contributed by atoms with E-state index in [0.717, 1.165) is 0 Å². The SMILES string of the molecule is C[C@H](NC(=O)OC(C)(C)C)C(=O)CCCCO. The fraction of sp³-hybridized carbons (Fsp3) is 0.833. The van der Waals surface area contributed by atoms with Crippen molar-refractivity contribution < 1.29 is 19.4 Å². The van der Waals surface area contributed by atoms with Crippen LogP contribution >= 0.6 is 0 Å². The van der Waals surface area contributed by atoms with E-state index in [9.17, 15) is 9.59 Å². The van der Waals surface area contributed by atoms with Gasteiger partial charge in [0.15, 0.2) is 5.78 Å². The molecule has 0 radical (unpaired) electrons. The standard InChI is InChI=1S/C12H23NO4/c1-9(10(15)7-5-6-8-14)13-11(16)17-12(2,3)4/h9,14H,5-8H2,1-4H3,(H,13,16)/t9-/m0/s1. The second-order valence-corrected chi connectivity index (χ2v) is 5.01. The zero-order valence-corrected chi connectivity index (χ0v) is 11.1. The summed E-state index contributed by atoms with van der Waals surface area (Å²) >= 11 is 0. The number of carbonyl (C=O) groups excluding carboxylic acids is 2. The van der Waals surface area contributed by atoms with Crippen molar-refractivity contribution in [3.05, 3.63) is 0 Å². The summed E-state index contributed by atoms with van der Waals surface area (Å²) in [5, 5.41) is 11.1. The van der Waals surface area contributed by atoms with Crippen molar-refractivity contribution in [1.82, 2.24) is 5.32 Å². The average Bonchev–Trinajstić information content (AvgIpc) is 2.14. The van der Waals surface area contributed by atoms with Crippen LogP contribution in [-0.4, -0.2) is 35.2 Å². The zero-order chi connectivity index (χ0) is 13.5. The van der Waals surface area contributed by atoms with Gasteiger partial charge in [0.2, 0.25) is 0 Å². The lowest BCUT2D eigenvalue weighted by Gasteiger charge is -2.21. The Balaban J connectivity index is 3.95. The van der Waals surface area contributed by atoms with E-state index in [1.807, 2.05) is 0 Å². The van der Waals surface area contributed by atoms with Crippen LogP contribution in [0.1, 0.15) is 47.0 Å². The molecule has 0 aliphatic rings. The highest BCUT2D eigenvalue weighted by molar-refractivity contribution is 5.86. The van der Waals surface area contributed by atoms with Gasteiger partial charge in [-0.3, -0.25) is 4.79 Å². The summed E-state index contributed by atoms with van der Waals surface area (Å²) < 4.78 is 5.04. The Morgan fingerprint density at radius 1 is 1.29 bits per heavy atom. The van der Waals surface area contributed by atoms with Crippen LogP contribution in [0.2, 0.25) is 0 Å². The molecule has 0 bridgehead atoms. The number of aliphatic hydroxyl groups is 1. The van der Waals surface area contributed by atoms with Gasteiger partial charge in [0.25, 0.3) is 0 Å². The zero-order valence-electron chi connectivity index (χ0n) is 11.1. The number of rotatable bonds is 6. The number of unbranched alkanes of at least 4 members (excludes halogenated alkanes) is 1. The predicted molar refractivity (Wildman–Crippen MR) is 64.8 cm³/mol. The van der Waals surface area contributed by atoms with Crippen LogP contribution in [0.5, 0.6) is 0 Å². The first-order valence-electron chi connectivity index (χ1n) is 5.89. The third kappa shape index (κ3) is 8.68. The Morgan fingerprint density at radius 2 is 1.88 bits per heavy atom. The molecule has 0 heterocycles. The van der Waals surface area contributed by atoms with E-state index in [4.69, 9.17) is 9.84 Å². The van der Waals surface area contributed by atoms with Crippen molar-refractivity contribution >= 4 is 11.9 Å². The Labute approximate surface area is 103 Å². The topological polar surface area (TPSA) is 75.6 Å². The second kappa shape index (κ2) is 7.27. The molecule has 1 amide bonds. The van der Waals surface area contributed by atoms with Gasteiger partial charge in [0.1, 0.15) is 5.60 Å². The Hall–Kier alpha value is -1.10. The van der Waals surface area contributed by atoms with E-state index in [1.165, 1.54) is 0 Å². The van der Waals surface area contributed by atoms with Crippen LogP contribution in [0.25, 0.3) is 0 Å². The molecule has 0 unspecified atom stereocenters. The van der Waals surface area contributed by atoms with Gasteiger partial charge >= 0.3 is 6.09 Å². The molecule has 0 saturated carbocycles. The second-order valence-electron chi connectivity index (χ2n) is 5.01. The minimum Gasteiger partial charge on any atom is -0.444 e. The number of Topliss-reactive ketones (excluding diaryl/α,β-unsaturated/α-hetero) is 1. The molecule has 5 nitrogen and oxygen atoms in total. The van der Waals surface area contributed by atoms with Crippen LogP contribution in [0.4, 0.5) is 4.79 Å². The average molecular weight is 245 g/mol. The highest BCUT2D eigenvalue weighted by Crippen LogP contribution is 2.07. The number of hydrogen-bond acceptors (Lipinski definition) is 4. The van der Waals surface area contributed by atoms with Gasteiger partial charge in [-0.15, -0.1) is 0 Å². The van der Waals surface area contributed by atoms with Crippen LogP contribution in [0.15, 0.2) is 0 Å². The minimum atomic E-state index is -0.583. The van der Waals surface area contributed by atoms with Crippen LogP contribution < -0.4 is 5.32 Å². The fourth-order valence-electron chi connectivity index (χ4n) is 1.19.